The van der Waals surface area contributed by atoms with E-state index in [1.807, 2.05) is 35.2 Å². The number of carbonyl (C=O) groups excluding carboxylic acids is 2. The van der Waals surface area contributed by atoms with Crippen LogP contribution in [0.5, 0.6) is 5.75 Å². The SMILES string of the molecule is CC1(C(=O)N2C[C@@H](Oc3ccccc3)C[C@H]2C(=O)NC2CC2)CCCCC1. The van der Waals surface area contributed by atoms with Crippen LogP contribution in [0.4, 0.5) is 0 Å². The zero-order valence-electron chi connectivity index (χ0n) is 16.2. The average Bonchev–Trinajstić information content (AvgIpc) is 3.39. The zero-order chi connectivity index (χ0) is 18.9. The Kier molecular flexibility index (Phi) is 5.11. The first-order chi connectivity index (χ1) is 13.0. The standard InChI is InChI=1S/C22H30N2O3/c1-22(12-6-3-7-13-22)21(26)24-15-18(27-17-8-4-2-5-9-17)14-19(24)20(25)23-16-10-11-16/h2,4-5,8-9,16,18-19H,3,6-7,10-15H2,1H3,(H,23,25)/t18-,19-/m0/s1. The number of para-hydroxylation sites is 1. The second kappa shape index (κ2) is 7.53. The Morgan fingerprint density at radius 1 is 1.11 bits per heavy atom. The van der Waals surface area contributed by atoms with Gasteiger partial charge >= 0.3 is 0 Å². The van der Waals surface area contributed by atoms with E-state index in [9.17, 15) is 9.59 Å². The van der Waals surface area contributed by atoms with Crippen LogP contribution in [-0.2, 0) is 9.59 Å². The Bertz CT molecular complexity index is 680. The molecule has 5 heteroatoms. The maximum atomic E-state index is 13.4. The minimum absolute atomic E-state index is 0.00980. The minimum atomic E-state index is -0.412. The molecule has 0 radical (unpaired) electrons. The third-order valence-electron chi connectivity index (χ3n) is 6.27. The number of likely N-dealkylation sites (tertiary alicyclic amines) is 1. The van der Waals surface area contributed by atoms with Crippen molar-refractivity contribution >= 4 is 11.8 Å². The Morgan fingerprint density at radius 3 is 2.48 bits per heavy atom. The van der Waals surface area contributed by atoms with Crippen molar-refractivity contribution in [2.24, 2.45) is 5.41 Å². The first kappa shape index (κ1) is 18.3. The van der Waals surface area contributed by atoms with Crippen molar-refractivity contribution in [3.63, 3.8) is 0 Å². The van der Waals surface area contributed by atoms with E-state index in [-0.39, 0.29) is 23.3 Å². The van der Waals surface area contributed by atoms with E-state index in [1.54, 1.807) is 0 Å². The number of amides is 2. The number of carbonyl (C=O) groups is 2. The molecule has 3 aliphatic rings. The Labute approximate surface area is 161 Å². The maximum Gasteiger partial charge on any atom is 0.243 e. The fourth-order valence-corrected chi connectivity index (χ4v) is 4.47. The van der Waals surface area contributed by atoms with Crippen LogP contribution in [-0.4, -0.2) is 41.4 Å². The van der Waals surface area contributed by atoms with Crippen molar-refractivity contribution in [2.75, 3.05) is 6.54 Å². The summed E-state index contributed by atoms with van der Waals surface area (Å²) in [5.74, 6) is 0.920. The largest absolute Gasteiger partial charge is 0.488 e. The van der Waals surface area contributed by atoms with Crippen LogP contribution in [0.25, 0.3) is 0 Å². The molecule has 0 spiro atoms. The second-order valence-electron chi connectivity index (χ2n) is 8.67. The van der Waals surface area contributed by atoms with Crippen molar-refractivity contribution < 1.29 is 14.3 Å². The topological polar surface area (TPSA) is 58.6 Å². The smallest absolute Gasteiger partial charge is 0.243 e. The van der Waals surface area contributed by atoms with Gasteiger partial charge in [-0.15, -0.1) is 0 Å². The first-order valence-corrected chi connectivity index (χ1v) is 10.4. The lowest BCUT2D eigenvalue weighted by Crippen LogP contribution is -2.51. The molecule has 27 heavy (non-hydrogen) atoms. The van der Waals surface area contributed by atoms with Crippen molar-refractivity contribution in [1.29, 1.82) is 0 Å². The molecule has 3 fully saturated rings. The van der Waals surface area contributed by atoms with E-state index >= 15 is 0 Å². The fourth-order valence-electron chi connectivity index (χ4n) is 4.47. The molecule has 5 nitrogen and oxygen atoms in total. The molecule has 1 saturated heterocycles. The Morgan fingerprint density at radius 2 is 1.81 bits per heavy atom. The molecule has 0 aromatic heterocycles. The number of benzene rings is 1. The summed E-state index contributed by atoms with van der Waals surface area (Å²) in [4.78, 5) is 28.1. The molecule has 0 bridgehead atoms. The number of rotatable bonds is 5. The summed E-state index contributed by atoms with van der Waals surface area (Å²) in [5, 5.41) is 3.09. The van der Waals surface area contributed by atoms with Gasteiger partial charge in [0.2, 0.25) is 11.8 Å². The third-order valence-corrected chi connectivity index (χ3v) is 6.27. The van der Waals surface area contributed by atoms with Crippen LogP contribution in [0.1, 0.15) is 58.3 Å². The molecular formula is C22H30N2O3. The van der Waals surface area contributed by atoms with Crippen molar-refractivity contribution in [3.05, 3.63) is 30.3 Å². The molecule has 2 amide bonds. The van der Waals surface area contributed by atoms with Gasteiger partial charge in [-0.05, 0) is 37.8 Å². The number of nitrogens with one attached hydrogen (secondary N) is 1. The van der Waals surface area contributed by atoms with Gasteiger partial charge < -0.3 is 15.0 Å². The predicted molar refractivity (Wildman–Crippen MR) is 103 cm³/mol. The molecule has 4 rings (SSSR count). The predicted octanol–water partition coefficient (Wildman–Crippen LogP) is 3.28. The normalized spacial score (nSPS) is 27.2. The fraction of sp³-hybridized carbons (Fsp3) is 0.636. The quantitative estimate of drug-likeness (QED) is 0.865. The molecule has 2 atom stereocenters. The van der Waals surface area contributed by atoms with Crippen LogP contribution in [0, 0.1) is 5.41 Å². The van der Waals surface area contributed by atoms with Gasteiger partial charge in [0.15, 0.2) is 0 Å². The molecule has 2 saturated carbocycles. The van der Waals surface area contributed by atoms with E-state index in [4.69, 9.17) is 4.74 Å². The highest BCUT2D eigenvalue weighted by Crippen LogP contribution is 2.39. The van der Waals surface area contributed by atoms with Crippen LogP contribution in [0.3, 0.4) is 0 Å². The molecule has 1 aromatic carbocycles. The molecule has 1 N–H and O–H groups in total. The van der Waals surface area contributed by atoms with Crippen LogP contribution in [0.2, 0.25) is 0 Å². The van der Waals surface area contributed by atoms with Crippen LogP contribution < -0.4 is 10.1 Å². The molecular weight excluding hydrogens is 340 g/mol. The number of ether oxygens (including phenoxy) is 1. The zero-order valence-corrected chi connectivity index (χ0v) is 16.2. The number of nitrogens with zero attached hydrogens (tertiary/aromatic N) is 1. The summed E-state index contributed by atoms with van der Waals surface area (Å²) in [7, 11) is 0. The summed E-state index contributed by atoms with van der Waals surface area (Å²) in [6.07, 6.45) is 7.76. The Balaban J connectivity index is 1.50. The minimum Gasteiger partial charge on any atom is -0.488 e. The highest BCUT2D eigenvalue weighted by molar-refractivity contribution is 5.91. The van der Waals surface area contributed by atoms with Gasteiger partial charge in [-0.2, -0.15) is 0 Å². The second-order valence-corrected chi connectivity index (χ2v) is 8.67. The lowest BCUT2D eigenvalue weighted by atomic mass is 9.74. The summed E-state index contributed by atoms with van der Waals surface area (Å²) in [5.41, 5.74) is -0.335. The highest BCUT2D eigenvalue weighted by atomic mass is 16.5. The number of hydrogen-bond donors (Lipinski definition) is 1. The van der Waals surface area contributed by atoms with Gasteiger partial charge in [-0.3, -0.25) is 9.59 Å². The third kappa shape index (κ3) is 4.12. The van der Waals surface area contributed by atoms with Gasteiger partial charge in [0.05, 0.1) is 6.54 Å². The Hall–Kier alpha value is -2.04. The van der Waals surface area contributed by atoms with Gasteiger partial charge in [0, 0.05) is 17.9 Å². The highest BCUT2D eigenvalue weighted by Gasteiger charge is 2.47. The van der Waals surface area contributed by atoms with E-state index in [1.165, 1.54) is 6.42 Å². The van der Waals surface area contributed by atoms with E-state index in [0.717, 1.165) is 44.3 Å². The van der Waals surface area contributed by atoms with Gasteiger partial charge in [0.25, 0.3) is 0 Å². The molecule has 146 valence electrons. The summed E-state index contributed by atoms with van der Waals surface area (Å²) < 4.78 is 6.10. The van der Waals surface area contributed by atoms with E-state index in [2.05, 4.69) is 12.2 Å². The summed E-state index contributed by atoms with van der Waals surface area (Å²) in [6.45, 7) is 2.57. The average molecular weight is 370 g/mol. The maximum absolute atomic E-state index is 13.4. The molecule has 1 aromatic rings. The first-order valence-electron chi connectivity index (χ1n) is 10.4. The van der Waals surface area contributed by atoms with Crippen molar-refractivity contribution in [3.8, 4) is 5.75 Å². The number of hydrogen-bond acceptors (Lipinski definition) is 3. The molecule has 0 unspecified atom stereocenters. The van der Waals surface area contributed by atoms with Gasteiger partial charge in [-0.1, -0.05) is 44.4 Å². The lowest BCUT2D eigenvalue weighted by Gasteiger charge is -2.37. The monoisotopic (exact) mass is 370 g/mol. The summed E-state index contributed by atoms with van der Waals surface area (Å²) >= 11 is 0. The van der Waals surface area contributed by atoms with Gasteiger partial charge in [-0.25, -0.2) is 0 Å². The molecule has 2 aliphatic carbocycles. The lowest BCUT2D eigenvalue weighted by molar-refractivity contribution is -0.147. The van der Waals surface area contributed by atoms with Crippen LogP contribution in [0.15, 0.2) is 30.3 Å². The van der Waals surface area contributed by atoms with Crippen molar-refractivity contribution in [1.82, 2.24) is 10.2 Å². The van der Waals surface area contributed by atoms with Gasteiger partial charge in [0.1, 0.15) is 17.9 Å². The van der Waals surface area contributed by atoms with Crippen LogP contribution >= 0.6 is 0 Å². The van der Waals surface area contributed by atoms with Crippen molar-refractivity contribution in [2.45, 2.75) is 76.5 Å². The molecule has 1 heterocycles. The molecule has 1 aliphatic heterocycles. The summed E-state index contributed by atoms with van der Waals surface area (Å²) in [6, 6.07) is 9.56. The van der Waals surface area contributed by atoms with E-state index < -0.39 is 6.04 Å². The van der Waals surface area contributed by atoms with E-state index in [0.29, 0.717) is 19.0 Å².